The molecule has 1 aromatic rings. The lowest BCUT2D eigenvalue weighted by atomic mass is 9.85. The molecule has 0 saturated heterocycles. The van der Waals surface area contributed by atoms with Crippen LogP contribution in [-0.2, 0) is 11.3 Å². The average Bonchev–Trinajstić information content (AvgIpc) is 2.80. The van der Waals surface area contributed by atoms with Gasteiger partial charge in [0.05, 0.1) is 5.69 Å². The first-order valence-corrected chi connectivity index (χ1v) is 8.02. The summed E-state index contributed by atoms with van der Waals surface area (Å²) in [5.74, 6) is 1.98. The molecule has 1 aliphatic carbocycles. The smallest absolute Gasteiger partial charge is 0.203 e. The number of ether oxygens (including phenoxy) is 1. The van der Waals surface area contributed by atoms with Gasteiger partial charge in [-0.2, -0.15) is 0 Å². The molecule has 0 radical (unpaired) electrons. The van der Waals surface area contributed by atoms with Crippen LogP contribution in [0.3, 0.4) is 0 Å². The third kappa shape index (κ3) is 4.23. The Morgan fingerprint density at radius 2 is 2.10 bits per heavy atom. The van der Waals surface area contributed by atoms with Crippen LogP contribution in [0.1, 0.15) is 51.1 Å². The maximum absolute atomic E-state index is 5.13. The molecule has 0 aromatic carbocycles. The number of nitrogens with one attached hydrogen (secondary N) is 1. The topological polar surface area (TPSA) is 39.1 Å². The second-order valence-electron chi connectivity index (χ2n) is 6.02. The van der Waals surface area contributed by atoms with Crippen LogP contribution in [0.15, 0.2) is 6.20 Å². The van der Waals surface area contributed by atoms with E-state index in [9.17, 15) is 0 Å². The predicted molar refractivity (Wildman–Crippen MR) is 83.1 cm³/mol. The van der Waals surface area contributed by atoms with E-state index in [0.29, 0.717) is 6.04 Å². The van der Waals surface area contributed by atoms with Crippen molar-refractivity contribution in [1.82, 2.24) is 9.55 Å². The minimum Gasteiger partial charge on any atom is -0.385 e. The van der Waals surface area contributed by atoms with Gasteiger partial charge in [0, 0.05) is 32.5 Å². The zero-order chi connectivity index (χ0) is 14.4. The second kappa shape index (κ2) is 7.67. The zero-order valence-electron chi connectivity index (χ0n) is 13.2. The Hall–Kier alpha value is -1.03. The average molecular weight is 279 g/mol. The summed E-state index contributed by atoms with van der Waals surface area (Å²) >= 11 is 0. The maximum Gasteiger partial charge on any atom is 0.203 e. The number of hydrogen-bond acceptors (Lipinski definition) is 3. The summed E-state index contributed by atoms with van der Waals surface area (Å²) < 4.78 is 7.37. The van der Waals surface area contributed by atoms with Crippen LogP contribution in [0.25, 0.3) is 0 Å². The third-order valence-electron chi connectivity index (χ3n) is 4.40. The van der Waals surface area contributed by atoms with Crippen molar-refractivity contribution in [3.05, 3.63) is 11.9 Å². The quantitative estimate of drug-likeness (QED) is 0.775. The summed E-state index contributed by atoms with van der Waals surface area (Å²) in [5, 5.41) is 3.65. The van der Waals surface area contributed by atoms with Crippen LogP contribution in [0.4, 0.5) is 5.95 Å². The molecule has 1 saturated carbocycles. The Bertz CT molecular complexity index is 394. The Labute approximate surface area is 122 Å². The summed E-state index contributed by atoms with van der Waals surface area (Å²) in [6, 6.07) is 0.598. The fourth-order valence-electron chi connectivity index (χ4n) is 3.11. The van der Waals surface area contributed by atoms with Gasteiger partial charge in [0.1, 0.15) is 0 Å². The first-order chi connectivity index (χ1) is 9.72. The van der Waals surface area contributed by atoms with Crippen LogP contribution >= 0.6 is 0 Å². The molecule has 4 nitrogen and oxygen atoms in total. The Balaban J connectivity index is 1.88. The Kier molecular flexibility index (Phi) is 5.89. The molecule has 0 unspecified atom stereocenters. The number of aryl methyl sites for hydroxylation is 2. The molecule has 1 aliphatic rings. The number of hydrogen-bond donors (Lipinski definition) is 1. The SMILES string of the molecule is CCC1CCC(Nc2nc(C)cn2CCCOC)CC1. The van der Waals surface area contributed by atoms with E-state index in [1.54, 1.807) is 7.11 Å². The van der Waals surface area contributed by atoms with Crippen LogP contribution in [0.5, 0.6) is 0 Å². The Morgan fingerprint density at radius 3 is 2.75 bits per heavy atom. The van der Waals surface area contributed by atoms with Crippen molar-refractivity contribution >= 4 is 5.95 Å². The van der Waals surface area contributed by atoms with Crippen LogP contribution in [0.2, 0.25) is 0 Å². The monoisotopic (exact) mass is 279 g/mol. The van der Waals surface area contributed by atoms with Gasteiger partial charge in [0.25, 0.3) is 0 Å². The fourth-order valence-corrected chi connectivity index (χ4v) is 3.11. The van der Waals surface area contributed by atoms with E-state index < -0.39 is 0 Å². The predicted octanol–water partition coefficient (Wildman–Crippen LogP) is 3.61. The number of rotatable bonds is 7. The summed E-state index contributed by atoms with van der Waals surface area (Å²) in [5.41, 5.74) is 1.09. The molecule has 0 atom stereocenters. The molecule has 4 heteroatoms. The van der Waals surface area contributed by atoms with Gasteiger partial charge in [-0.05, 0) is 44.9 Å². The Morgan fingerprint density at radius 1 is 1.35 bits per heavy atom. The third-order valence-corrected chi connectivity index (χ3v) is 4.40. The van der Waals surface area contributed by atoms with E-state index in [1.165, 1.54) is 32.1 Å². The van der Waals surface area contributed by atoms with Crippen molar-refractivity contribution in [2.75, 3.05) is 19.0 Å². The largest absolute Gasteiger partial charge is 0.385 e. The van der Waals surface area contributed by atoms with E-state index in [2.05, 4.69) is 34.9 Å². The molecule has 0 spiro atoms. The molecule has 1 aromatic heterocycles. The van der Waals surface area contributed by atoms with Gasteiger partial charge < -0.3 is 14.6 Å². The molecule has 1 N–H and O–H groups in total. The maximum atomic E-state index is 5.13. The van der Waals surface area contributed by atoms with E-state index >= 15 is 0 Å². The first-order valence-electron chi connectivity index (χ1n) is 8.02. The van der Waals surface area contributed by atoms with Crippen molar-refractivity contribution in [3.63, 3.8) is 0 Å². The molecule has 0 aliphatic heterocycles. The standard InChI is InChI=1S/C16H29N3O/c1-4-14-6-8-15(9-7-14)18-16-17-13(2)12-19(16)10-5-11-20-3/h12,14-15H,4-11H2,1-3H3,(H,17,18). The van der Waals surface area contributed by atoms with Gasteiger partial charge in [-0.25, -0.2) is 4.98 Å². The molecule has 114 valence electrons. The number of imidazole rings is 1. The molecule has 0 bridgehead atoms. The van der Waals surface area contributed by atoms with E-state index in [0.717, 1.165) is 37.1 Å². The van der Waals surface area contributed by atoms with Crippen molar-refractivity contribution in [2.45, 2.75) is 65.0 Å². The number of anilines is 1. The summed E-state index contributed by atoms with van der Waals surface area (Å²) in [7, 11) is 1.75. The minimum absolute atomic E-state index is 0.598. The molecule has 0 amide bonds. The summed E-state index contributed by atoms with van der Waals surface area (Å²) in [6.45, 7) is 6.15. The van der Waals surface area contributed by atoms with Gasteiger partial charge in [-0.1, -0.05) is 13.3 Å². The van der Waals surface area contributed by atoms with E-state index in [4.69, 9.17) is 4.74 Å². The molecule has 2 rings (SSSR count). The second-order valence-corrected chi connectivity index (χ2v) is 6.02. The van der Waals surface area contributed by atoms with Gasteiger partial charge in [0.2, 0.25) is 5.95 Å². The highest BCUT2D eigenvalue weighted by Gasteiger charge is 2.21. The molecule has 1 fully saturated rings. The highest BCUT2D eigenvalue weighted by Crippen LogP contribution is 2.28. The first kappa shape index (κ1) is 15.4. The lowest BCUT2D eigenvalue weighted by Gasteiger charge is -2.28. The van der Waals surface area contributed by atoms with Gasteiger partial charge >= 0.3 is 0 Å². The lowest BCUT2D eigenvalue weighted by Crippen LogP contribution is -2.27. The number of nitrogens with zero attached hydrogens (tertiary/aromatic N) is 2. The van der Waals surface area contributed by atoms with Crippen molar-refractivity contribution in [1.29, 1.82) is 0 Å². The molecular formula is C16H29N3O. The van der Waals surface area contributed by atoms with Crippen LogP contribution < -0.4 is 5.32 Å². The van der Waals surface area contributed by atoms with E-state index in [-0.39, 0.29) is 0 Å². The molecular weight excluding hydrogens is 250 g/mol. The van der Waals surface area contributed by atoms with Gasteiger partial charge in [0.15, 0.2) is 0 Å². The van der Waals surface area contributed by atoms with Gasteiger partial charge in [-0.3, -0.25) is 0 Å². The van der Waals surface area contributed by atoms with Crippen molar-refractivity contribution < 1.29 is 4.74 Å². The fraction of sp³-hybridized carbons (Fsp3) is 0.812. The minimum atomic E-state index is 0.598. The van der Waals surface area contributed by atoms with E-state index in [1.807, 2.05) is 0 Å². The molecule has 20 heavy (non-hydrogen) atoms. The number of aromatic nitrogens is 2. The zero-order valence-corrected chi connectivity index (χ0v) is 13.2. The highest BCUT2D eigenvalue weighted by molar-refractivity contribution is 5.30. The number of methoxy groups -OCH3 is 1. The molecule has 1 heterocycles. The lowest BCUT2D eigenvalue weighted by molar-refractivity contribution is 0.190. The van der Waals surface area contributed by atoms with Crippen molar-refractivity contribution in [3.8, 4) is 0 Å². The van der Waals surface area contributed by atoms with Crippen LogP contribution in [-0.4, -0.2) is 29.3 Å². The van der Waals surface area contributed by atoms with Crippen molar-refractivity contribution in [2.24, 2.45) is 5.92 Å². The van der Waals surface area contributed by atoms with Crippen LogP contribution in [0, 0.1) is 12.8 Å². The normalized spacial score (nSPS) is 22.9. The summed E-state index contributed by atoms with van der Waals surface area (Å²) in [4.78, 5) is 4.63. The highest BCUT2D eigenvalue weighted by atomic mass is 16.5. The summed E-state index contributed by atoms with van der Waals surface area (Å²) in [6.07, 6.45) is 9.77. The van der Waals surface area contributed by atoms with Gasteiger partial charge in [-0.15, -0.1) is 0 Å².